The number of esters is 1. The van der Waals surface area contributed by atoms with E-state index in [1.165, 1.54) is 6.42 Å². The molecule has 128 valence electrons. The van der Waals surface area contributed by atoms with Crippen molar-refractivity contribution in [2.75, 3.05) is 39.4 Å². The highest BCUT2D eigenvalue weighted by molar-refractivity contribution is 5.72. The zero-order chi connectivity index (χ0) is 16.2. The molecule has 0 radical (unpaired) electrons. The molecule has 0 bridgehead atoms. The maximum absolute atomic E-state index is 12.1. The Morgan fingerprint density at radius 2 is 1.95 bits per heavy atom. The Morgan fingerprint density at radius 1 is 1.27 bits per heavy atom. The van der Waals surface area contributed by atoms with Crippen molar-refractivity contribution >= 4 is 5.97 Å². The Kier molecular flexibility index (Phi) is 6.24. The van der Waals surface area contributed by atoms with Gasteiger partial charge in [-0.05, 0) is 46.6 Å². The molecule has 5 heteroatoms. The summed E-state index contributed by atoms with van der Waals surface area (Å²) in [7, 11) is 0. The number of ether oxygens (including phenoxy) is 2. The van der Waals surface area contributed by atoms with Gasteiger partial charge in [0, 0.05) is 31.8 Å². The van der Waals surface area contributed by atoms with Crippen LogP contribution in [0.25, 0.3) is 0 Å². The number of carbonyl (C=O) groups is 1. The molecule has 0 spiro atoms. The molecule has 0 aliphatic carbocycles. The van der Waals surface area contributed by atoms with Gasteiger partial charge in [-0.3, -0.25) is 14.6 Å². The van der Waals surface area contributed by atoms with Gasteiger partial charge < -0.3 is 9.47 Å². The van der Waals surface area contributed by atoms with Gasteiger partial charge in [-0.15, -0.1) is 0 Å². The van der Waals surface area contributed by atoms with Crippen molar-refractivity contribution in [3.8, 4) is 0 Å². The lowest BCUT2D eigenvalue weighted by Crippen LogP contribution is -2.49. The van der Waals surface area contributed by atoms with E-state index in [1.807, 2.05) is 20.8 Å². The van der Waals surface area contributed by atoms with Crippen LogP contribution in [0.1, 0.15) is 47.0 Å². The molecule has 0 saturated carbocycles. The average molecular weight is 312 g/mol. The highest BCUT2D eigenvalue weighted by atomic mass is 16.6. The summed E-state index contributed by atoms with van der Waals surface area (Å²) in [5, 5.41) is 0. The van der Waals surface area contributed by atoms with E-state index in [1.54, 1.807) is 0 Å². The summed E-state index contributed by atoms with van der Waals surface area (Å²) in [6.07, 6.45) is 3.43. The highest BCUT2D eigenvalue weighted by Crippen LogP contribution is 2.22. The van der Waals surface area contributed by atoms with Crippen LogP contribution < -0.4 is 0 Å². The predicted octanol–water partition coefficient (Wildman–Crippen LogP) is 1.90. The molecule has 2 rings (SSSR count). The largest absolute Gasteiger partial charge is 0.459 e. The van der Waals surface area contributed by atoms with Crippen LogP contribution in [-0.4, -0.2) is 72.8 Å². The van der Waals surface area contributed by atoms with Crippen LogP contribution in [0, 0.1) is 0 Å². The molecule has 2 aliphatic rings. The molecule has 2 saturated heterocycles. The molecular weight excluding hydrogens is 280 g/mol. The molecule has 2 fully saturated rings. The molecule has 0 aromatic rings. The van der Waals surface area contributed by atoms with Gasteiger partial charge in [0.25, 0.3) is 0 Å². The minimum atomic E-state index is -0.400. The van der Waals surface area contributed by atoms with Gasteiger partial charge in [-0.1, -0.05) is 6.92 Å². The van der Waals surface area contributed by atoms with E-state index >= 15 is 0 Å². The van der Waals surface area contributed by atoms with E-state index in [4.69, 9.17) is 9.47 Å². The van der Waals surface area contributed by atoms with Crippen molar-refractivity contribution in [3.05, 3.63) is 0 Å². The Balaban J connectivity index is 1.78. The van der Waals surface area contributed by atoms with E-state index in [0.29, 0.717) is 18.6 Å². The summed E-state index contributed by atoms with van der Waals surface area (Å²) in [4.78, 5) is 16.9. The lowest BCUT2D eigenvalue weighted by atomic mass is 10.0. The lowest BCUT2D eigenvalue weighted by molar-refractivity contribution is -0.157. The molecule has 2 heterocycles. The first-order chi connectivity index (χ1) is 10.4. The second-order valence-corrected chi connectivity index (χ2v) is 7.43. The number of hydrogen-bond donors (Lipinski definition) is 0. The molecule has 22 heavy (non-hydrogen) atoms. The van der Waals surface area contributed by atoms with Crippen molar-refractivity contribution in [1.82, 2.24) is 9.80 Å². The third kappa shape index (κ3) is 5.21. The van der Waals surface area contributed by atoms with E-state index in [9.17, 15) is 4.79 Å². The standard InChI is InChI=1S/C17H32N2O3/c1-5-18(12-16(20)22-17(2,3)4)14-6-9-19(10-7-14)15-8-11-21-13-15/h14-15H,5-13H2,1-4H3/t15-/m0/s1. The maximum atomic E-state index is 12.1. The topological polar surface area (TPSA) is 42.0 Å². The summed E-state index contributed by atoms with van der Waals surface area (Å²) in [5.74, 6) is -0.110. The van der Waals surface area contributed by atoms with Crippen LogP contribution in [0.15, 0.2) is 0 Å². The van der Waals surface area contributed by atoms with Crippen LogP contribution in [0.3, 0.4) is 0 Å². The SMILES string of the molecule is CCN(CC(=O)OC(C)(C)C)C1CCN([C@H]2CCOC2)CC1. The number of rotatable bonds is 5. The quantitative estimate of drug-likeness (QED) is 0.725. The molecule has 5 nitrogen and oxygen atoms in total. The molecule has 0 aromatic carbocycles. The normalized spacial score (nSPS) is 24.9. The average Bonchev–Trinajstić information content (AvgIpc) is 2.97. The Bertz CT molecular complexity index is 353. The summed E-state index contributed by atoms with van der Waals surface area (Å²) in [6.45, 7) is 13.2. The van der Waals surface area contributed by atoms with Crippen LogP contribution >= 0.6 is 0 Å². The van der Waals surface area contributed by atoms with Crippen molar-refractivity contribution in [2.24, 2.45) is 0 Å². The zero-order valence-electron chi connectivity index (χ0n) is 14.6. The number of likely N-dealkylation sites (N-methyl/N-ethyl adjacent to an activating group) is 1. The van der Waals surface area contributed by atoms with Crippen LogP contribution in [0.5, 0.6) is 0 Å². The lowest BCUT2D eigenvalue weighted by Gasteiger charge is -2.39. The summed E-state index contributed by atoms with van der Waals surface area (Å²) in [5.41, 5.74) is -0.400. The van der Waals surface area contributed by atoms with E-state index in [2.05, 4.69) is 16.7 Å². The second kappa shape index (κ2) is 7.75. The molecule has 0 unspecified atom stereocenters. The number of carbonyl (C=O) groups excluding carboxylic acids is 1. The monoisotopic (exact) mass is 312 g/mol. The van der Waals surface area contributed by atoms with Gasteiger partial charge >= 0.3 is 5.97 Å². The first kappa shape index (κ1) is 17.7. The summed E-state index contributed by atoms with van der Waals surface area (Å²) < 4.78 is 10.9. The predicted molar refractivity (Wildman–Crippen MR) is 86.9 cm³/mol. The Labute approximate surface area is 134 Å². The van der Waals surface area contributed by atoms with E-state index < -0.39 is 5.60 Å². The van der Waals surface area contributed by atoms with Crippen LogP contribution in [0.2, 0.25) is 0 Å². The van der Waals surface area contributed by atoms with Crippen LogP contribution in [0.4, 0.5) is 0 Å². The fourth-order valence-electron chi connectivity index (χ4n) is 3.46. The zero-order valence-corrected chi connectivity index (χ0v) is 14.6. The van der Waals surface area contributed by atoms with Gasteiger partial charge in [-0.25, -0.2) is 0 Å². The van der Waals surface area contributed by atoms with Gasteiger partial charge in [0.05, 0.1) is 13.2 Å². The summed E-state index contributed by atoms with van der Waals surface area (Å²) in [6, 6.07) is 1.11. The molecular formula is C17H32N2O3. The first-order valence-electron chi connectivity index (χ1n) is 8.66. The molecule has 0 amide bonds. The number of piperidine rings is 1. The van der Waals surface area contributed by atoms with Crippen molar-refractivity contribution in [1.29, 1.82) is 0 Å². The van der Waals surface area contributed by atoms with Crippen LogP contribution in [-0.2, 0) is 14.3 Å². The highest BCUT2D eigenvalue weighted by Gasteiger charge is 2.30. The molecule has 1 atom stereocenters. The molecule has 2 aliphatic heterocycles. The third-order valence-electron chi connectivity index (χ3n) is 4.60. The molecule has 0 aromatic heterocycles. The fraction of sp³-hybridized carbons (Fsp3) is 0.941. The summed E-state index contributed by atoms with van der Waals surface area (Å²) >= 11 is 0. The van der Waals surface area contributed by atoms with Gasteiger partial charge in [-0.2, -0.15) is 0 Å². The van der Waals surface area contributed by atoms with Crippen molar-refractivity contribution in [2.45, 2.75) is 64.6 Å². The number of nitrogens with zero attached hydrogens (tertiary/aromatic N) is 2. The van der Waals surface area contributed by atoms with Gasteiger partial charge in [0.2, 0.25) is 0 Å². The van der Waals surface area contributed by atoms with Crippen molar-refractivity contribution in [3.63, 3.8) is 0 Å². The maximum Gasteiger partial charge on any atom is 0.320 e. The first-order valence-corrected chi connectivity index (χ1v) is 8.66. The van der Waals surface area contributed by atoms with Gasteiger partial charge in [0.1, 0.15) is 5.60 Å². The second-order valence-electron chi connectivity index (χ2n) is 7.43. The number of likely N-dealkylation sites (tertiary alicyclic amines) is 1. The van der Waals surface area contributed by atoms with E-state index in [0.717, 1.165) is 45.7 Å². The Hall–Kier alpha value is -0.650. The number of hydrogen-bond acceptors (Lipinski definition) is 5. The van der Waals surface area contributed by atoms with Gasteiger partial charge in [0.15, 0.2) is 0 Å². The minimum absolute atomic E-state index is 0.110. The Morgan fingerprint density at radius 3 is 2.45 bits per heavy atom. The minimum Gasteiger partial charge on any atom is -0.459 e. The smallest absolute Gasteiger partial charge is 0.320 e. The fourth-order valence-corrected chi connectivity index (χ4v) is 3.46. The van der Waals surface area contributed by atoms with Crippen molar-refractivity contribution < 1.29 is 14.3 Å². The molecule has 0 N–H and O–H groups in total. The van der Waals surface area contributed by atoms with E-state index in [-0.39, 0.29) is 5.97 Å². The third-order valence-corrected chi connectivity index (χ3v) is 4.60.